The molecule has 0 bridgehead atoms. The molecular weight excluding hydrogens is 284 g/mol. The van der Waals surface area contributed by atoms with E-state index in [-0.39, 0.29) is 0 Å². The predicted molar refractivity (Wildman–Crippen MR) is 73.9 cm³/mol. The summed E-state index contributed by atoms with van der Waals surface area (Å²) in [7, 11) is 0. The van der Waals surface area contributed by atoms with Crippen LogP contribution in [0.5, 0.6) is 0 Å². The van der Waals surface area contributed by atoms with Crippen molar-refractivity contribution in [3.8, 4) is 0 Å². The third kappa shape index (κ3) is 3.29. The summed E-state index contributed by atoms with van der Waals surface area (Å²) in [5.74, 6) is 0.704. The normalized spacial score (nSPS) is 25.1. The Balaban J connectivity index is 1.71. The molecule has 1 aliphatic rings. The van der Waals surface area contributed by atoms with Crippen molar-refractivity contribution in [1.82, 2.24) is 5.32 Å². The smallest absolute Gasteiger partial charge is 0.0701 e. The van der Waals surface area contributed by atoms with Gasteiger partial charge in [-0.05, 0) is 59.8 Å². The van der Waals surface area contributed by atoms with E-state index in [1.807, 2.05) is 11.3 Å². The van der Waals surface area contributed by atoms with Gasteiger partial charge in [-0.25, -0.2) is 0 Å². The van der Waals surface area contributed by atoms with Gasteiger partial charge in [0.2, 0.25) is 0 Å². The Kier molecular flexibility index (Phi) is 4.82. The molecule has 16 heavy (non-hydrogen) atoms. The molecule has 1 aromatic heterocycles. The molecule has 1 saturated carbocycles. The number of hydrogen-bond donors (Lipinski definition) is 2. The highest BCUT2D eigenvalue weighted by Crippen LogP contribution is 2.25. The number of hydrogen-bond acceptors (Lipinski definition) is 3. The summed E-state index contributed by atoms with van der Waals surface area (Å²) in [4.78, 5) is 1.45. The van der Waals surface area contributed by atoms with Gasteiger partial charge >= 0.3 is 0 Å². The van der Waals surface area contributed by atoms with Crippen LogP contribution in [0.15, 0.2) is 15.9 Å². The van der Waals surface area contributed by atoms with Crippen LogP contribution in [-0.4, -0.2) is 19.1 Å². The van der Waals surface area contributed by atoms with E-state index < -0.39 is 0 Å². The molecule has 2 nitrogen and oxygen atoms in total. The first-order chi connectivity index (χ1) is 7.79. The molecule has 0 saturated heterocycles. The Bertz CT molecular complexity index is 327. The fourth-order valence-electron chi connectivity index (χ4n) is 2.45. The number of thiophene rings is 1. The monoisotopic (exact) mass is 302 g/mol. The number of halogens is 1. The van der Waals surface area contributed by atoms with Crippen molar-refractivity contribution in [1.29, 1.82) is 0 Å². The summed E-state index contributed by atoms with van der Waals surface area (Å²) in [5, 5.41) is 3.65. The zero-order valence-corrected chi connectivity index (χ0v) is 11.8. The van der Waals surface area contributed by atoms with Crippen molar-refractivity contribution in [3.05, 3.63) is 20.8 Å². The Morgan fingerprint density at radius 2 is 2.31 bits per heavy atom. The van der Waals surface area contributed by atoms with Gasteiger partial charge in [-0.2, -0.15) is 0 Å². The van der Waals surface area contributed by atoms with E-state index in [4.69, 9.17) is 5.73 Å². The molecule has 0 aromatic carbocycles. The van der Waals surface area contributed by atoms with E-state index in [9.17, 15) is 0 Å². The summed E-state index contributed by atoms with van der Waals surface area (Å²) in [6, 6.07) is 4.98. The van der Waals surface area contributed by atoms with Crippen LogP contribution >= 0.6 is 27.3 Å². The van der Waals surface area contributed by atoms with E-state index in [1.54, 1.807) is 0 Å². The van der Waals surface area contributed by atoms with Gasteiger partial charge in [-0.3, -0.25) is 0 Å². The summed E-state index contributed by atoms with van der Waals surface area (Å²) >= 11 is 5.32. The lowest BCUT2D eigenvalue weighted by atomic mass is 10.0. The van der Waals surface area contributed by atoms with Gasteiger partial charge in [-0.15, -0.1) is 11.3 Å². The molecular formula is C12H19BrN2S. The van der Waals surface area contributed by atoms with Gasteiger partial charge in [0.1, 0.15) is 0 Å². The number of nitrogens with one attached hydrogen (secondary N) is 1. The molecule has 1 aromatic rings. The Morgan fingerprint density at radius 1 is 1.44 bits per heavy atom. The maximum absolute atomic E-state index is 5.77. The summed E-state index contributed by atoms with van der Waals surface area (Å²) < 4.78 is 1.23. The van der Waals surface area contributed by atoms with E-state index in [0.29, 0.717) is 12.0 Å². The van der Waals surface area contributed by atoms with Crippen molar-refractivity contribution in [2.75, 3.05) is 13.1 Å². The first kappa shape index (κ1) is 12.6. The molecule has 90 valence electrons. The minimum absolute atomic E-state index is 0.661. The second-order valence-electron chi connectivity index (χ2n) is 4.44. The Hall–Kier alpha value is 0.1000. The minimum atomic E-state index is 0.661. The van der Waals surface area contributed by atoms with E-state index in [2.05, 4.69) is 33.4 Å². The van der Waals surface area contributed by atoms with Crippen LogP contribution in [0.4, 0.5) is 0 Å². The maximum atomic E-state index is 5.77. The SMILES string of the molecule is NCC1CCCC1NCCc1ccc(Br)s1. The summed E-state index contributed by atoms with van der Waals surface area (Å²) in [6.07, 6.45) is 5.07. The number of rotatable bonds is 5. The molecule has 1 fully saturated rings. The standard InChI is InChI=1S/C12H19BrN2S/c13-12-5-4-10(16-12)6-7-15-11-3-1-2-9(11)8-14/h4-5,9,11,15H,1-3,6-8,14H2. The molecule has 2 atom stereocenters. The lowest BCUT2D eigenvalue weighted by molar-refractivity contribution is 0.410. The topological polar surface area (TPSA) is 38.0 Å². The van der Waals surface area contributed by atoms with Gasteiger partial charge in [-0.1, -0.05) is 6.42 Å². The fourth-order valence-corrected chi connectivity index (χ4v) is 3.94. The molecule has 1 heterocycles. The van der Waals surface area contributed by atoms with Crippen molar-refractivity contribution >= 4 is 27.3 Å². The van der Waals surface area contributed by atoms with Gasteiger partial charge in [0.15, 0.2) is 0 Å². The second kappa shape index (κ2) is 6.15. The molecule has 0 spiro atoms. The van der Waals surface area contributed by atoms with Crippen molar-refractivity contribution in [2.45, 2.75) is 31.7 Å². The quantitative estimate of drug-likeness (QED) is 0.878. The van der Waals surface area contributed by atoms with Gasteiger partial charge < -0.3 is 11.1 Å². The van der Waals surface area contributed by atoms with Crippen LogP contribution < -0.4 is 11.1 Å². The lowest BCUT2D eigenvalue weighted by Gasteiger charge is -2.19. The largest absolute Gasteiger partial charge is 0.330 e. The van der Waals surface area contributed by atoms with Gasteiger partial charge in [0.05, 0.1) is 3.79 Å². The molecule has 1 aliphatic carbocycles. The molecule has 0 radical (unpaired) electrons. The summed E-state index contributed by atoms with van der Waals surface area (Å²) in [6.45, 7) is 1.91. The molecule has 0 amide bonds. The van der Waals surface area contributed by atoms with Crippen molar-refractivity contribution < 1.29 is 0 Å². The lowest BCUT2D eigenvalue weighted by Crippen LogP contribution is -2.36. The van der Waals surface area contributed by atoms with Crippen molar-refractivity contribution in [3.63, 3.8) is 0 Å². The highest BCUT2D eigenvalue weighted by molar-refractivity contribution is 9.11. The zero-order chi connectivity index (χ0) is 11.4. The molecule has 2 rings (SSSR count). The maximum Gasteiger partial charge on any atom is 0.0701 e. The van der Waals surface area contributed by atoms with Gasteiger partial charge in [0.25, 0.3) is 0 Å². The van der Waals surface area contributed by atoms with E-state index >= 15 is 0 Å². The molecule has 2 unspecified atom stereocenters. The Morgan fingerprint density at radius 3 is 3.00 bits per heavy atom. The third-order valence-electron chi connectivity index (χ3n) is 3.37. The second-order valence-corrected chi connectivity index (χ2v) is 6.99. The van der Waals surface area contributed by atoms with Crippen LogP contribution in [0.3, 0.4) is 0 Å². The van der Waals surface area contributed by atoms with Gasteiger partial charge in [0, 0.05) is 17.5 Å². The van der Waals surface area contributed by atoms with Crippen molar-refractivity contribution in [2.24, 2.45) is 11.7 Å². The van der Waals surface area contributed by atoms with Crippen LogP contribution in [0.2, 0.25) is 0 Å². The first-order valence-corrected chi connectivity index (χ1v) is 7.58. The predicted octanol–water partition coefficient (Wildman–Crippen LogP) is 2.77. The number of nitrogens with two attached hydrogens (primary N) is 1. The highest BCUT2D eigenvalue weighted by atomic mass is 79.9. The molecule has 4 heteroatoms. The first-order valence-electron chi connectivity index (χ1n) is 5.97. The fraction of sp³-hybridized carbons (Fsp3) is 0.667. The average molecular weight is 303 g/mol. The highest BCUT2D eigenvalue weighted by Gasteiger charge is 2.24. The van der Waals surface area contributed by atoms with Crippen LogP contribution in [0.1, 0.15) is 24.1 Å². The van der Waals surface area contributed by atoms with E-state index in [1.165, 1.54) is 27.9 Å². The third-order valence-corrected chi connectivity index (χ3v) is 5.05. The zero-order valence-electron chi connectivity index (χ0n) is 9.42. The van der Waals surface area contributed by atoms with E-state index in [0.717, 1.165) is 19.5 Å². The Labute approximate surface area is 110 Å². The van der Waals surface area contributed by atoms with Crippen LogP contribution in [0, 0.1) is 5.92 Å². The average Bonchev–Trinajstić information content (AvgIpc) is 2.87. The minimum Gasteiger partial charge on any atom is -0.330 e. The molecule has 0 aliphatic heterocycles. The van der Waals surface area contributed by atoms with Crippen LogP contribution in [0.25, 0.3) is 0 Å². The molecule has 3 N–H and O–H groups in total. The van der Waals surface area contributed by atoms with Crippen LogP contribution in [-0.2, 0) is 6.42 Å². The summed E-state index contributed by atoms with van der Waals surface area (Å²) in [5.41, 5.74) is 5.77.